The van der Waals surface area contributed by atoms with Gasteiger partial charge in [-0.15, -0.1) is 29.7 Å². The molecule has 3 heterocycles. The molecule has 364 valence electrons. The van der Waals surface area contributed by atoms with Crippen LogP contribution < -0.4 is 9.30 Å². The normalized spacial score (nSPS) is 12.0. The first kappa shape index (κ1) is 48.9. The third-order valence-corrected chi connectivity index (χ3v) is 13.9. The second-order valence-electron chi connectivity index (χ2n) is 21.2. The zero-order valence-corrected chi connectivity index (χ0v) is 44.8. The van der Waals surface area contributed by atoms with Gasteiger partial charge in [-0.25, -0.2) is 4.98 Å². The molecule has 0 amide bonds. The van der Waals surface area contributed by atoms with E-state index in [1.807, 2.05) is 30.5 Å². The molecule has 0 spiro atoms. The van der Waals surface area contributed by atoms with Gasteiger partial charge in [-0.05, 0) is 89.7 Å². The van der Waals surface area contributed by atoms with Gasteiger partial charge >= 0.3 is 0 Å². The molecule has 0 aliphatic rings. The van der Waals surface area contributed by atoms with Gasteiger partial charge < -0.3 is 13.9 Å². The molecule has 3 aromatic heterocycles. The van der Waals surface area contributed by atoms with Gasteiger partial charge in [0.2, 0.25) is 12.2 Å². The quantitative estimate of drug-likeness (QED) is 0.101. The minimum Gasteiger partial charge on any atom is -0.510 e. The molecule has 6 nitrogen and oxygen atoms in total. The second-order valence-corrected chi connectivity index (χ2v) is 21.2. The zero-order chi connectivity index (χ0) is 49.8. The summed E-state index contributed by atoms with van der Waals surface area (Å²) in [5.74, 6) is 2.64. The molecule has 11 aromatic rings. The van der Waals surface area contributed by atoms with E-state index < -0.39 is 0 Å². The molecule has 8 aromatic carbocycles. The minimum absolute atomic E-state index is 0. The first-order valence-corrected chi connectivity index (χ1v) is 24.7. The standard InChI is InChI=1S/C66H57N5O.Pt/c1-64(2,3)49-38-50(65(4,5)6)40-52(39-49)69-44-70(68-63(69)62-55(45-22-12-9-13-23-45)31-21-32-56(62)46-24-14-10-15-25-46)51-28-20-29-53(42-51)72-54-34-35-58-57-30-18-19-33-59(57)71(60(58)43-54)61-41-48(36-37-67-61)66(7,8)47-26-16-11-17-27-47;/h9-41H,1-8H3;/q-2;. The van der Waals surface area contributed by atoms with E-state index in [4.69, 9.17) is 14.8 Å². The molecule has 0 saturated carbocycles. The fourth-order valence-electron chi connectivity index (χ4n) is 9.73. The fourth-order valence-corrected chi connectivity index (χ4v) is 9.73. The van der Waals surface area contributed by atoms with Crippen LogP contribution in [0.2, 0.25) is 0 Å². The number of ether oxygens (including phenoxy) is 1. The molecule has 73 heavy (non-hydrogen) atoms. The van der Waals surface area contributed by atoms with Gasteiger partial charge in [0.25, 0.3) is 0 Å². The van der Waals surface area contributed by atoms with Crippen molar-refractivity contribution in [3.05, 3.63) is 241 Å². The van der Waals surface area contributed by atoms with Crippen molar-refractivity contribution in [1.82, 2.24) is 19.3 Å². The van der Waals surface area contributed by atoms with Crippen molar-refractivity contribution in [1.29, 1.82) is 0 Å². The molecule has 0 unspecified atom stereocenters. The predicted octanol–water partition coefficient (Wildman–Crippen LogP) is 15.8. The van der Waals surface area contributed by atoms with E-state index >= 15 is 0 Å². The number of rotatable bonds is 10. The Morgan fingerprint density at radius 3 is 1.74 bits per heavy atom. The van der Waals surface area contributed by atoms with E-state index in [-0.39, 0.29) is 37.3 Å². The minimum atomic E-state index is -0.246. The predicted molar refractivity (Wildman–Crippen MR) is 293 cm³/mol. The van der Waals surface area contributed by atoms with Crippen LogP contribution in [0.1, 0.15) is 77.6 Å². The Balaban J connectivity index is 0.00000611. The molecule has 11 rings (SSSR count). The Bertz CT molecular complexity index is 3680. The molecule has 0 aliphatic carbocycles. The number of fused-ring (bicyclic) bond motifs is 3. The third-order valence-electron chi connectivity index (χ3n) is 13.9. The Morgan fingerprint density at radius 2 is 1.10 bits per heavy atom. The van der Waals surface area contributed by atoms with E-state index in [2.05, 4.69) is 253 Å². The van der Waals surface area contributed by atoms with Crippen molar-refractivity contribution in [2.24, 2.45) is 0 Å². The van der Waals surface area contributed by atoms with E-state index in [0.717, 1.165) is 67.0 Å². The molecular weight excluding hydrogens is 1070 g/mol. The van der Waals surface area contributed by atoms with E-state index in [1.54, 1.807) is 4.68 Å². The maximum Gasteiger partial charge on any atom is 0.233 e. The molecule has 0 bridgehead atoms. The maximum absolute atomic E-state index is 6.73. The van der Waals surface area contributed by atoms with Gasteiger partial charge in [0.05, 0.1) is 0 Å². The van der Waals surface area contributed by atoms with E-state index in [0.29, 0.717) is 17.2 Å². The first-order chi connectivity index (χ1) is 34.7. The van der Waals surface area contributed by atoms with Crippen LogP contribution in [0.5, 0.6) is 11.5 Å². The summed E-state index contributed by atoms with van der Waals surface area (Å²) in [4.78, 5) is 4.96. The number of para-hydroxylation sites is 1. The molecule has 0 N–H and O–H groups in total. The number of benzene rings is 8. The summed E-state index contributed by atoms with van der Waals surface area (Å²) in [6.07, 6.45) is 5.63. The molecular formula is C66H57N5OPt-2. The topological polar surface area (TPSA) is 48.8 Å². The van der Waals surface area contributed by atoms with Crippen LogP contribution in [0.3, 0.4) is 0 Å². The van der Waals surface area contributed by atoms with Crippen molar-refractivity contribution in [3.8, 4) is 62.3 Å². The van der Waals surface area contributed by atoms with Gasteiger partial charge in [-0.1, -0.05) is 206 Å². The number of nitrogens with zero attached hydrogens (tertiary/aromatic N) is 5. The zero-order valence-electron chi connectivity index (χ0n) is 42.5. The largest absolute Gasteiger partial charge is 0.510 e. The SMILES string of the molecule is CC(C)(C)c1cc(-[n+]2[c-]n(-c3[c-]c(Oc4[c-]c5c(cc4)c4ccccc4n5-c4cc(C(C)(C)c5ccccc5)ccn4)ccc3)nc2-c2c(-c3ccccc3)cccc2-c2ccccc2)cc(C(C)(C)C)c1.[Pt]. The second kappa shape index (κ2) is 19.4. The summed E-state index contributed by atoms with van der Waals surface area (Å²) in [7, 11) is 0. The van der Waals surface area contributed by atoms with Crippen LogP contribution in [0, 0.1) is 18.5 Å². The summed E-state index contributed by atoms with van der Waals surface area (Å²) in [5.41, 5.74) is 13.3. The van der Waals surface area contributed by atoms with Crippen molar-refractivity contribution in [3.63, 3.8) is 0 Å². The Labute approximate surface area is 443 Å². The monoisotopic (exact) mass is 1130 g/mol. The van der Waals surface area contributed by atoms with Crippen LogP contribution in [0.25, 0.3) is 72.6 Å². The first-order valence-electron chi connectivity index (χ1n) is 24.7. The van der Waals surface area contributed by atoms with Crippen LogP contribution in [0.4, 0.5) is 0 Å². The smallest absolute Gasteiger partial charge is 0.233 e. The van der Waals surface area contributed by atoms with Crippen LogP contribution in [-0.4, -0.2) is 19.3 Å². The van der Waals surface area contributed by atoms with Crippen molar-refractivity contribution in [2.75, 3.05) is 0 Å². The van der Waals surface area contributed by atoms with Gasteiger partial charge in [-0.3, -0.25) is 0 Å². The van der Waals surface area contributed by atoms with Gasteiger partial charge in [0.15, 0.2) is 0 Å². The molecule has 0 saturated heterocycles. The maximum atomic E-state index is 6.73. The average molecular weight is 1130 g/mol. The number of aromatic nitrogens is 5. The molecule has 0 atom stereocenters. The van der Waals surface area contributed by atoms with E-state index in [9.17, 15) is 0 Å². The van der Waals surface area contributed by atoms with Crippen LogP contribution >= 0.6 is 0 Å². The van der Waals surface area contributed by atoms with Crippen molar-refractivity contribution >= 4 is 21.8 Å². The Kier molecular flexibility index (Phi) is 13.0. The molecule has 0 aliphatic heterocycles. The number of hydrogen-bond acceptors (Lipinski definition) is 3. The van der Waals surface area contributed by atoms with Crippen molar-refractivity contribution in [2.45, 2.75) is 71.6 Å². The van der Waals surface area contributed by atoms with E-state index in [1.165, 1.54) is 22.3 Å². The fraction of sp³-hybridized carbons (Fsp3) is 0.167. The summed E-state index contributed by atoms with van der Waals surface area (Å²) in [6.45, 7) is 18.1. The summed E-state index contributed by atoms with van der Waals surface area (Å²) in [5, 5.41) is 7.68. The summed E-state index contributed by atoms with van der Waals surface area (Å²) < 4.78 is 12.9. The molecule has 0 fully saturated rings. The average Bonchev–Trinajstić information content (AvgIpc) is 3.99. The Hall–Kier alpha value is -7.66. The van der Waals surface area contributed by atoms with Gasteiger partial charge in [0.1, 0.15) is 5.82 Å². The van der Waals surface area contributed by atoms with Gasteiger partial charge in [0, 0.05) is 60.9 Å². The molecule has 0 radical (unpaired) electrons. The summed E-state index contributed by atoms with van der Waals surface area (Å²) in [6, 6.07) is 75.2. The van der Waals surface area contributed by atoms with Gasteiger partial charge in [-0.2, -0.15) is 22.9 Å². The number of pyridine rings is 1. The summed E-state index contributed by atoms with van der Waals surface area (Å²) >= 11 is 0. The number of hydrogen-bond donors (Lipinski definition) is 0. The van der Waals surface area contributed by atoms with Crippen LogP contribution in [0.15, 0.2) is 200 Å². The van der Waals surface area contributed by atoms with Crippen molar-refractivity contribution < 1.29 is 30.4 Å². The Morgan fingerprint density at radius 1 is 0.507 bits per heavy atom. The van der Waals surface area contributed by atoms with Crippen LogP contribution in [-0.2, 0) is 37.3 Å². The third kappa shape index (κ3) is 9.49. The molecule has 7 heteroatoms.